The van der Waals surface area contributed by atoms with Crippen molar-refractivity contribution in [1.29, 1.82) is 5.26 Å². The van der Waals surface area contributed by atoms with Crippen molar-refractivity contribution >= 4 is 0 Å². The van der Waals surface area contributed by atoms with E-state index in [2.05, 4.69) is 21.7 Å². The van der Waals surface area contributed by atoms with Crippen molar-refractivity contribution in [3.8, 4) is 6.07 Å². The summed E-state index contributed by atoms with van der Waals surface area (Å²) in [5.41, 5.74) is 0.610. The monoisotopic (exact) mass is 265 g/mol. The molecule has 0 aliphatic carbocycles. The summed E-state index contributed by atoms with van der Waals surface area (Å²) < 4.78 is 7.14. The van der Waals surface area contributed by atoms with Crippen molar-refractivity contribution in [3.05, 3.63) is 11.9 Å². The van der Waals surface area contributed by atoms with Gasteiger partial charge >= 0.3 is 0 Å². The molecule has 2 unspecified atom stereocenters. The number of nitrogens with zero attached hydrogens (tertiary/aromatic N) is 4. The van der Waals surface area contributed by atoms with Crippen molar-refractivity contribution in [1.82, 2.24) is 20.3 Å². The summed E-state index contributed by atoms with van der Waals surface area (Å²) in [5, 5.41) is 29.0. The second-order valence-corrected chi connectivity index (χ2v) is 4.59. The van der Waals surface area contributed by atoms with Crippen LogP contribution in [0.1, 0.15) is 31.0 Å². The van der Waals surface area contributed by atoms with Crippen LogP contribution < -0.4 is 5.32 Å². The SMILES string of the molecule is N#CC(NCC1CCCO1)c1cn(CCCO)nn1. The van der Waals surface area contributed by atoms with Crippen molar-refractivity contribution in [2.45, 2.75) is 38.0 Å². The summed E-state index contributed by atoms with van der Waals surface area (Å²) in [7, 11) is 0. The highest BCUT2D eigenvalue weighted by Gasteiger charge is 2.19. The zero-order valence-corrected chi connectivity index (χ0v) is 10.8. The number of aliphatic hydroxyl groups excluding tert-OH is 1. The largest absolute Gasteiger partial charge is 0.396 e. The van der Waals surface area contributed by atoms with Crippen molar-refractivity contribution < 1.29 is 9.84 Å². The fraction of sp³-hybridized carbons (Fsp3) is 0.750. The number of rotatable bonds is 7. The highest BCUT2D eigenvalue weighted by atomic mass is 16.5. The summed E-state index contributed by atoms with van der Waals surface area (Å²) >= 11 is 0. The van der Waals surface area contributed by atoms with Crippen LogP contribution in [0.3, 0.4) is 0 Å². The fourth-order valence-electron chi connectivity index (χ4n) is 2.06. The first-order chi connectivity index (χ1) is 9.33. The molecule has 2 atom stereocenters. The zero-order valence-electron chi connectivity index (χ0n) is 10.8. The van der Waals surface area contributed by atoms with Gasteiger partial charge in [0.2, 0.25) is 0 Å². The van der Waals surface area contributed by atoms with Crippen molar-refractivity contribution in [2.75, 3.05) is 19.8 Å². The van der Waals surface area contributed by atoms with E-state index in [0.717, 1.165) is 19.4 Å². The molecule has 0 aromatic carbocycles. The maximum atomic E-state index is 9.17. The van der Waals surface area contributed by atoms with Gasteiger partial charge in [-0.2, -0.15) is 5.26 Å². The molecule has 1 aromatic heterocycles. The van der Waals surface area contributed by atoms with E-state index in [1.165, 1.54) is 0 Å². The minimum Gasteiger partial charge on any atom is -0.396 e. The summed E-state index contributed by atoms with van der Waals surface area (Å²) in [4.78, 5) is 0. The molecule has 2 heterocycles. The average Bonchev–Trinajstić information content (AvgIpc) is 3.08. The molecule has 104 valence electrons. The van der Waals surface area contributed by atoms with E-state index in [0.29, 0.717) is 25.2 Å². The molecule has 1 aliphatic heterocycles. The number of aryl methyl sites for hydroxylation is 1. The van der Waals surface area contributed by atoms with E-state index in [1.807, 2.05) is 0 Å². The Morgan fingerprint density at radius 1 is 1.68 bits per heavy atom. The van der Waals surface area contributed by atoms with Gasteiger partial charge in [0.05, 0.1) is 18.4 Å². The summed E-state index contributed by atoms with van der Waals surface area (Å²) in [6, 6.07) is 1.71. The molecule has 19 heavy (non-hydrogen) atoms. The molecule has 1 aliphatic rings. The first-order valence-electron chi connectivity index (χ1n) is 6.59. The van der Waals surface area contributed by atoms with E-state index in [-0.39, 0.29) is 12.7 Å². The number of nitriles is 1. The number of nitrogens with one attached hydrogen (secondary N) is 1. The van der Waals surface area contributed by atoms with Gasteiger partial charge in [0.15, 0.2) is 0 Å². The second kappa shape index (κ2) is 7.19. The zero-order chi connectivity index (χ0) is 13.5. The van der Waals surface area contributed by atoms with Crippen molar-refractivity contribution in [2.24, 2.45) is 0 Å². The third-order valence-electron chi connectivity index (χ3n) is 3.10. The van der Waals surface area contributed by atoms with Gasteiger partial charge in [-0.15, -0.1) is 5.10 Å². The Kier molecular flexibility index (Phi) is 5.27. The standard InChI is InChI=1S/C12H19N5O2/c13-7-11(14-8-10-3-1-6-19-10)12-9-17(16-15-12)4-2-5-18/h9-11,14,18H,1-6,8H2. The van der Waals surface area contributed by atoms with Crippen LogP contribution in [0.25, 0.3) is 0 Å². The van der Waals surface area contributed by atoms with Gasteiger partial charge in [-0.05, 0) is 19.3 Å². The van der Waals surface area contributed by atoms with E-state index in [4.69, 9.17) is 15.1 Å². The van der Waals surface area contributed by atoms with Crippen LogP contribution in [-0.4, -0.2) is 46.0 Å². The number of ether oxygens (including phenoxy) is 1. The molecule has 0 bridgehead atoms. The summed E-state index contributed by atoms with van der Waals surface area (Å²) in [5.74, 6) is 0. The van der Waals surface area contributed by atoms with E-state index in [1.54, 1.807) is 10.9 Å². The molecule has 1 aromatic rings. The molecule has 0 amide bonds. The predicted molar refractivity (Wildman–Crippen MR) is 67.1 cm³/mol. The van der Waals surface area contributed by atoms with Crippen LogP contribution in [0.2, 0.25) is 0 Å². The van der Waals surface area contributed by atoms with Gasteiger partial charge in [-0.3, -0.25) is 10.00 Å². The number of hydrogen-bond acceptors (Lipinski definition) is 6. The Hall–Kier alpha value is -1.49. The molecular formula is C12H19N5O2. The minimum atomic E-state index is -0.466. The second-order valence-electron chi connectivity index (χ2n) is 4.59. The van der Waals surface area contributed by atoms with Crippen LogP contribution in [0.15, 0.2) is 6.20 Å². The lowest BCUT2D eigenvalue weighted by Gasteiger charge is -2.13. The number of aliphatic hydroxyl groups is 1. The van der Waals surface area contributed by atoms with Gasteiger partial charge in [-0.1, -0.05) is 5.21 Å². The highest BCUT2D eigenvalue weighted by molar-refractivity contribution is 5.10. The van der Waals surface area contributed by atoms with Gasteiger partial charge in [0.1, 0.15) is 11.7 Å². The Labute approximate surface area is 112 Å². The number of aromatic nitrogens is 3. The van der Waals surface area contributed by atoms with Crippen LogP contribution in [0.4, 0.5) is 0 Å². The Balaban J connectivity index is 1.85. The molecular weight excluding hydrogens is 246 g/mol. The van der Waals surface area contributed by atoms with Gasteiger partial charge in [0, 0.05) is 26.3 Å². The van der Waals surface area contributed by atoms with Crippen LogP contribution in [0, 0.1) is 11.3 Å². The summed E-state index contributed by atoms with van der Waals surface area (Å²) in [6.45, 7) is 2.18. The van der Waals surface area contributed by atoms with Gasteiger partial charge in [-0.25, -0.2) is 0 Å². The molecule has 2 N–H and O–H groups in total. The average molecular weight is 265 g/mol. The van der Waals surface area contributed by atoms with Crippen LogP contribution in [-0.2, 0) is 11.3 Å². The first kappa shape index (κ1) is 13.9. The predicted octanol–water partition coefficient (Wildman–Crippen LogP) is -0.00622. The molecule has 1 saturated heterocycles. The lowest BCUT2D eigenvalue weighted by Crippen LogP contribution is -2.29. The molecule has 0 radical (unpaired) electrons. The van der Waals surface area contributed by atoms with E-state index < -0.39 is 6.04 Å². The van der Waals surface area contributed by atoms with E-state index in [9.17, 15) is 0 Å². The van der Waals surface area contributed by atoms with Gasteiger partial charge in [0.25, 0.3) is 0 Å². The normalized spacial score (nSPS) is 20.3. The van der Waals surface area contributed by atoms with Crippen LogP contribution >= 0.6 is 0 Å². The third kappa shape index (κ3) is 3.99. The number of hydrogen-bond donors (Lipinski definition) is 2. The minimum absolute atomic E-state index is 0.119. The molecule has 7 nitrogen and oxygen atoms in total. The molecule has 0 spiro atoms. The summed E-state index contributed by atoms with van der Waals surface area (Å²) in [6.07, 6.45) is 4.69. The maximum Gasteiger partial charge on any atom is 0.142 e. The first-order valence-corrected chi connectivity index (χ1v) is 6.59. The Bertz CT molecular complexity index is 422. The lowest BCUT2D eigenvalue weighted by molar-refractivity contribution is 0.109. The van der Waals surface area contributed by atoms with Crippen LogP contribution in [0.5, 0.6) is 0 Å². The third-order valence-corrected chi connectivity index (χ3v) is 3.10. The highest BCUT2D eigenvalue weighted by Crippen LogP contribution is 2.13. The lowest BCUT2D eigenvalue weighted by atomic mass is 10.2. The quantitative estimate of drug-likeness (QED) is 0.720. The molecule has 0 saturated carbocycles. The van der Waals surface area contributed by atoms with E-state index >= 15 is 0 Å². The molecule has 1 fully saturated rings. The Morgan fingerprint density at radius 2 is 2.58 bits per heavy atom. The fourth-order valence-corrected chi connectivity index (χ4v) is 2.06. The topological polar surface area (TPSA) is 96.0 Å². The Morgan fingerprint density at radius 3 is 3.26 bits per heavy atom. The molecule has 7 heteroatoms. The van der Waals surface area contributed by atoms with Crippen molar-refractivity contribution in [3.63, 3.8) is 0 Å². The van der Waals surface area contributed by atoms with Gasteiger partial charge < -0.3 is 9.84 Å². The molecule has 2 rings (SSSR count). The maximum absolute atomic E-state index is 9.17. The smallest absolute Gasteiger partial charge is 0.142 e.